The van der Waals surface area contributed by atoms with E-state index in [1.165, 1.54) is 12.1 Å². The number of carbonyl (C=O) groups excluding carboxylic acids is 1. The Balaban J connectivity index is 1.74. The van der Waals surface area contributed by atoms with Crippen LogP contribution in [0.15, 0.2) is 24.3 Å². The number of rotatable bonds is 4. The van der Waals surface area contributed by atoms with E-state index in [4.69, 9.17) is 0 Å². The van der Waals surface area contributed by atoms with E-state index in [1.54, 1.807) is 6.07 Å². The first-order valence-corrected chi connectivity index (χ1v) is 8.34. The predicted molar refractivity (Wildman–Crippen MR) is 82.9 cm³/mol. The molecule has 2 saturated carbocycles. The van der Waals surface area contributed by atoms with Crippen molar-refractivity contribution in [3.63, 3.8) is 0 Å². The Morgan fingerprint density at radius 3 is 2.68 bits per heavy atom. The highest BCUT2D eigenvalue weighted by atomic mass is 19.1. The molecule has 2 aliphatic rings. The van der Waals surface area contributed by atoms with Crippen LogP contribution in [0.3, 0.4) is 0 Å². The molecule has 22 heavy (non-hydrogen) atoms. The number of nitrogens with one attached hydrogen (secondary N) is 1. The van der Waals surface area contributed by atoms with Gasteiger partial charge in [-0.15, -0.1) is 0 Å². The maximum Gasteiger partial charge on any atom is 0.230 e. The maximum absolute atomic E-state index is 13.6. The van der Waals surface area contributed by atoms with Crippen molar-refractivity contribution < 1.29 is 14.3 Å². The molecule has 3 nitrogen and oxygen atoms in total. The topological polar surface area (TPSA) is 49.3 Å². The van der Waals surface area contributed by atoms with Crippen LogP contribution in [0.1, 0.15) is 50.5 Å². The summed E-state index contributed by atoms with van der Waals surface area (Å²) in [5.74, 6) is -0.132. The van der Waals surface area contributed by atoms with E-state index in [0.717, 1.165) is 50.5 Å². The summed E-state index contributed by atoms with van der Waals surface area (Å²) in [6.45, 7) is 0.525. The number of aliphatic hydroxyl groups is 1. The third-order valence-corrected chi connectivity index (χ3v) is 5.41. The summed E-state index contributed by atoms with van der Waals surface area (Å²) in [4.78, 5) is 12.8. The van der Waals surface area contributed by atoms with Crippen molar-refractivity contribution in [1.82, 2.24) is 5.32 Å². The Morgan fingerprint density at radius 1 is 1.27 bits per heavy atom. The normalized spacial score (nSPS) is 27.0. The minimum Gasteiger partial charge on any atom is -0.393 e. The second kappa shape index (κ2) is 6.37. The number of benzene rings is 1. The van der Waals surface area contributed by atoms with Gasteiger partial charge in [-0.1, -0.05) is 31.4 Å². The Labute approximate surface area is 130 Å². The molecule has 0 radical (unpaired) electrons. The van der Waals surface area contributed by atoms with E-state index in [1.807, 2.05) is 6.07 Å². The quantitative estimate of drug-likeness (QED) is 0.898. The monoisotopic (exact) mass is 305 g/mol. The van der Waals surface area contributed by atoms with Crippen molar-refractivity contribution in [2.45, 2.75) is 56.5 Å². The van der Waals surface area contributed by atoms with Crippen LogP contribution in [-0.2, 0) is 10.2 Å². The Bertz CT molecular complexity index is 540. The van der Waals surface area contributed by atoms with Gasteiger partial charge in [0.15, 0.2) is 0 Å². The summed E-state index contributed by atoms with van der Waals surface area (Å²) in [5.41, 5.74) is 0.195. The van der Waals surface area contributed by atoms with Gasteiger partial charge in [0.1, 0.15) is 5.82 Å². The van der Waals surface area contributed by atoms with Crippen LogP contribution in [0, 0.1) is 11.7 Å². The van der Waals surface area contributed by atoms with E-state index in [0.29, 0.717) is 6.54 Å². The highest BCUT2D eigenvalue weighted by molar-refractivity contribution is 5.88. The Kier molecular flexibility index (Phi) is 4.48. The van der Waals surface area contributed by atoms with Gasteiger partial charge < -0.3 is 10.4 Å². The van der Waals surface area contributed by atoms with Gasteiger partial charge in [-0.2, -0.15) is 0 Å². The summed E-state index contributed by atoms with van der Waals surface area (Å²) in [6, 6.07) is 6.45. The second-order valence-electron chi connectivity index (χ2n) is 6.77. The zero-order valence-electron chi connectivity index (χ0n) is 12.9. The number of aliphatic hydroxyl groups excluding tert-OH is 1. The standard InChI is InChI=1S/C18H24FNO2/c19-15-7-4-6-14(11-15)18(9-1-2-10-18)17(22)20-12-13-5-3-8-16(13)21/h4,6-7,11,13,16,21H,1-3,5,8-10,12H2,(H,20,22)/t13-,16+/m0/s1. The minimum absolute atomic E-state index is 0.00491. The zero-order valence-corrected chi connectivity index (χ0v) is 12.9. The highest BCUT2D eigenvalue weighted by Crippen LogP contribution is 2.41. The molecule has 0 aliphatic heterocycles. The number of hydrogen-bond acceptors (Lipinski definition) is 2. The molecule has 1 aromatic carbocycles. The molecular weight excluding hydrogens is 281 g/mol. The maximum atomic E-state index is 13.6. The molecule has 0 heterocycles. The average molecular weight is 305 g/mol. The van der Waals surface area contributed by atoms with Crippen LogP contribution in [0.5, 0.6) is 0 Å². The van der Waals surface area contributed by atoms with Gasteiger partial charge in [0.2, 0.25) is 5.91 Å². The number of carbonyl (C=O) groups is 1. The zero-order chi connectivity index (χ0) is 15.6. The third kappa shape index (κ3) is 2.89. The molecule has 1 amide bonds. The van der Waals surface area contributed by atoms with E-state index >= 15 is 0 Å². The summed E-state index contributed by atoms with van der Waals surface area (Å²) >= 11 is 0. The molecule has 0 spiro atoms. The molecule has 3 rings (SSSR count). The molecule has 2 fully saturated rings. The molecule has 120 valence electrons. The van der Waals surface area contributed by atoms with E-state index in [-0.39, 0.29) is 23.7 Å². The second-order valence-corrected chi connectivity index (χ2v) is 6.77. The summed E-state index contributed by atoms with van der Waals surface area (Å²) in [6.07, 6.45) is 6.06. The predicted octanol–water partition coefficient (Wildman–Crippen LogP) is 2.91. The highest BCUT2D eigenvalue weighted by Gasteiger charge is 2.43. The fourth-order valence-corrected chi connectivity index (χ4v) is 4.06. The number of hydrogen-bond donors (Lipinski definition) is 2. The lowest BCUT2D eigenvalue weighted by Crippen LogP contribution is -2.45. The number of amides is 1. The first kappa shape index (κ1) is 15.5. The lowest BCUT2D eigenvalue weighted by molar-refractivity contribution is -0.127. The third-order valence-electron chi connectivity index (χ3n) is 5.41. The van der Waals surface area contributed by atoms with Gasteiger partial charge >= 0.3 is 0 Å². The van der Waals surface area contributed by atoms with Crippen molar-refractivity contribution in [2.75, 3.05) is 6.54 Å². The number of halogens is 1. The molecule has 0 aromatic heterocycles. The summed E-state index contributed by atoms with van der Waals surface area (Å²) in [5, 5.41) is 12.9. The van der Waals surface area contributed by atoms with Crippen LogP contribution in [0.25, 0.3) is 0 Å². The summed E-state index contributed by atoms with van der Waals surface area (Å²) < 4.78 is 13.6. The molecular formula is C18H24FNO2. The minimum atomic E-state index is -0.592. The molecule has 0 bridgehead atoms. The van der Waals surface area contributed by atoms with E-state index in [2.05, 4.69) is 5.32 Å². The van der Waals surface area contributed by atoms with E-state index < -0.39 is 5.41 Å². The molecule has 2 aliphatic carbocycles. The first-order valence-electron chi connectivity index (χ1n) is 8.34. The van der Waals surface area contributed by atoms with Crippen molar-refractivity contribution in [3.05, 3.63) is 35.6 Å². The lowest BCUT2D eigenvalue weighted by Gasteiger charge is -2.29. The van der Waals surface area contributed by atoms with Gasteiger partial charge in [-0.05, 0) is 43.4 Å². The average Bonchev–Trinajstić information content (AvgIpc) is 3.15. The molecule has 0 unspecified atom stereocenters. The van der Waals surface area contributed by atoms with Crippen LogP contribution in [0.4, 0.5) is 4.39 Å². The molecule has 1 aromatic rings. The summed E-state index contributed by atoms with van der Waals surface area (Å²) in [7, 11) is 0. The molecule has 2 atom stereocenters. The molecule has 0 saturated heterocycles. The lowest BCUT2D eigenvalue weighted by atomic mass is 9.78. The van der Waals surface area contributed by atoms with Gasteiger partial charge in [-0.25, -0.2) is 4.39 Å². The van der Waals surface area contributed by atoms with Crippen molar-refractivity contribution in [3.8, 4) is 0 Å². The van der Waals surface area contributed by atoms with Crippen LogP contribution in [0.2, 0.25) is 0 Å². The van der Waals surface area contributed by atoms with Crippen molar-refractivity contribution in [2.24, 2.45) is 5.92 Å². The Hall–Kier alpha value is -1.42. The largest absolute Gasteiger partial charge is 0.393 e. The smallest absolute Gasteiger partial charge is 0.230 e. The fraction of sp³-hybridized carbons (Fsp3) is 0.611. The van der Waals surface area contributed by atoms with Crippen LogP contribution >= 0.6 is 0 Å². The SMILES string of the molecule is O=C(NC[C@@H]1CCC[C@H]1O)C1(c2cccc(F)c2)CCCC1. The molecule has 4 heteroatoms. The van der Waals surface area contributed by atoms with Gasteiger partial charge in [0.05, 0.1) is 11.5 Å². The van der Waals surface area contributed by atoms with Gasteiger partial charge in [-0.3, -0.25) is 4.79 Å². The fourth-order valence-electron chi connectivity index (χ4n) is 4.06. The first-order chi connectivity index (χ1) is 10.6. The molecule has 2 N–H and O–H groups in total. The van der Waals surface area contributed by atoms with Gasteiger partial charge in [0.25, 0.3) is 0 Å². The van der Waals surface area contributed by atoms with Crippen LogP contribution in [-0.4, -0.2) is 23.7 Å². The van der Waals surface area contributed by atoms with Crippen molar-refractivity contribution >= 4 is 5.91 Å². The van der Waals surface area contributed by atoms with E-state index in [9.17, 15) is 14.3 Å². The van der Waals surface area contributed by atoms with Gasteiger partial charge in [0, 0.05) is 12.5 Å². The van der Waals surface area contributed by atoms with Crippen molar-refractivity contribution in [1.29, 1.82) is 0 Å². The van der Waals surface area contributed by atoms with Crippen LogP contribution < -0.4 is 5.32 Å². The Morgan fingerprint density at radius 2 is 2.05 bits per heavy atom.